The third kappa shape index (κ3) is 4.35. The first-order valence-corrected chi connectivity index (χ1v) is 10.3. The molecule has 1 aliphatic rings. The van der Waals surface area contributed by atoms with E-state index in [1.54, 1.807) is 30.5 Å². The average molecular weight is 418 g/mol. The van der Waals surface area contributed by atoms with E-state index in [9.17, 15) is 14.0 Å². The van der Waals surface area contributed by atoms with E-state index in [1.165, 1.54) is 18.5 Å². The molecule has 31 heavy (non-hydrogen) atoms. The van der Waals surface area contributed by atoms with Crippen LogP contribution in [0.15, 0.2) is 48.9 Å². The van der Waals surface area contributed by atoms with Gasteiger partial charge < -0.3 is 5.32 Å². The topological polar surface area (TPSA) is 84.8 Å². The maximum atomic E-state index is 14.6. The van der Waals surface area contributed by atoms with Crippen LogP contribution in [-0.2, 0) is 4.79 Å². The van der Waals surface area contributed by atoms with Gasteiger partial charge in [0.2, 0.25) is 0 Å². The number of benzene rings is 1. The normalized spacial score (nSPS) is 16.0. The van der Waals surface area contributed by atoms with Crippen molar-refractivity contribution in [2.45, 2.75) is 44.9 Å². The number of nitrogens with zero attached hydrogens (tertiary/aromatic N) is 3. The molecule has 1 amide bonds. The Balaban J connectivity index is 1.75. The van der Waals surface area contributed by atoms with Gasteiger partial charge in [0, 0.05) is 54.4 Å². The van der Waals surface area contributed by atoms with E-state index < -0.39 is 11.7 Å². The molecule has 1 saturated carbocycles. The van der Waals surface area contributed by atoms with Crippen LogP contribution in [0.2, 0.25) is 0 Å². The molecule has 1 atom stereocenters. The molecule has 1 aromatic carbocycles. The van der Waals surface area contributed by atoms with Gasteiger partial charge in [-0.25, -0.2) is 14.4 Å². The van der Waals surface area contributed by atoms with Gasteiger partial charge in [0.25, 0.3) is 5.91 Å². The lowest BCUT2D eigenvalue weighted by Gasteiger charge is -2.19. The van der Waals surface area contributed by atoms with Crippen molar-refractivity contribution in [2.24, 2.45) is 0 Å². The van der Waals surface area contributed by atoms with Gasteiger partial charge in [-0.2, -0.15) is 0 Å². The maximum Gasteiger partial charge on any atom is 0.258 e. The third-order valence-electron chi connectivity index (χ3n) is 5.47. The van der Waals surface area contributed by atoms with Crippen LogP contribution in [-0.4, -0.2) is 26.6 Å². The van der Waals surface area contributed by atoms with Crippen LogP contribution in [0, 0.1) is 5.82 Å². The molecule has 1 N–H and O–H groups in total. The van der Waals surface area contributed by atoms with E-state index in [4.69, 9.17) is 0 Å². The van der Waals surface area contributed by atoms with Crippen molar-refractivity contribution in [3.63, 3.8) is 0 Å². The summed E-state index contributed by atoms with van der Waals surface area (Å²) in [6, 6.07) is 8.06. The number of Topliss-reactive ketones (excluding diaryl/α,β-unsaturated/α-hetero) is 1. The van der Waals surface area contributed by atoms with Crippen molar-refractivity contribution >= 4 is 17.4 Å². The van der Waals surface area contributed by atoms with E-state index in [1.807, 2.05) is 13.8 Å². The Labute approximate surface area is 180 Å². The number of amides is 1. The van der Waals surface area contributed by atoms with Crippen LogP contribution in [0.25, 0.3) is 11.1 Å². The summed E-state index contributed by atoms with van der Waals surface area (Å²) in [5.74, 6) is 0.0330. The van der Waals surface area contributed by atoms with E-state index in [2.05, 4.69) is 20.3 Å². The monoisotopic (exact) mass is 418 g/mol. The maximum absolute atomic E-state index is 14.6. The molecule has 0 saturated heterocycles. The minimum Gasteiger partial charge on any atom is -0.320 e. The number of aromatic nitrogens is 3. The largest absolute Gasteiger partial charge is 0.320 e. The number of nitrogens with one attached hydrogen (secondary N) is 1. The first-order chi connectivity index (χ1) is 14.9. The minimum absolute atomic E-state index is 0.117. The van der Waals surface area contributed by atoms with Gasteiger partial charge in [-0.1, -0.05) is 32.0 Å². The number of halogens is 1. The molecule has 2 heterocycles. The number of rotatable bonds is 5. The number of carbonyl (C=O) groups excluding carboxylic acids is 2. The van der Waals surface area contributed by atoms with Gasteiger partial charge in [-0.15, -0.1) is 0 Å². The average Bonchev–Trinajstić information content (AvgIpc) is 3.20. The number of pyridine rings is 1. The van der Waals surface area contributed by atoms with E-state index in [0.717, 1.165) is 0 Å². The van der Waals surface area contributed by atoms with E-state index in [-0.39, 0.29) is 17.6 Å². The Morgan fingerprint density at radius 3 is 2.48 bits per heavy atom. The van der Waals surface area contributed by atoms with Crippen molar-refractivity contribution in [2.75, 3.05) is 5.32 Å². The first-order valence-electron chi connectivity index (χ1n) is 10.3. The number of anilines is 1. The highest BCUT2D eigenvalue weighted by molar-refractivity contribution is 6.06. The summed E-state index contributed by atoms with van der Waals surface area (Å²) < 4.78 is 14.6. The molecule has 1 fully saturated rings. The Bertz CT molecular complexity index is 1130. The summed E-state index contributed by atoms with van der Waals surface area (Å²) in [5.41, 5.74) is 2.19. The van der Waals surface area contributed by atoms with Gasteiger partial charge in [0.15, 0.2) is 0 Å². The standard InChI is InChI=1S/C24H23FN4O2/c1-14(2)23-27-12-16(13-28-23)24(31)29-22-19(18-5-3-4-6-20(18)25)9-10-26-21(22)15-7-8-17(30)11-15/h3-6,9-10,12-15H,7-8,11H2,1-2H3,(H,29,31). The number of hydrogen-bond donors (Lipinski definition) is 1. The lowest BCUT2D eigenvalue weighted by molar-refractivity contribution is -0.117. The molecule has 0 radical (unpaired) electrons. The quantitative estimate of drug-likeness (QED) is 0.638. The summed E-state index contributed by atoms with van der Waals surface area (Å²) in [4.78, 5) is 37.9. The van der Waals surface area contributed by atoms with Crippen LogP contribution < -0.4 is 5.32 Å². The first kappa shape index (κ1) is 20.8. The lowest BCUT2D eigenvalue weighted by atomic mass is 9.95. The second-order valence-corrected chi connectivity index (χ2v) is 8.02. The van der Waals surface area contributed by atoms with Gasteiger partial charge in [0.1, 0.15) is 17.4 Å². The SMILES string of the molecule is CC(C)c1ncc(C(=O)Nc2c(-c3ccccc3F)ccnc2C2CCC(=O)C2)cn1. The molecule has 158 valence electrons. The fraction of sp³-hybridized carbons (Fsp3) is 0.292. The molecule has 2 aromatic heterocycles. The van der Waals surface area contributed by atoms with Crippen molar-refractivity contribution in [3.8, 4) is 11.1 Å². The fourth-order valence-electron chi connectivity index (χ4n) is 3.81. The number of ketones is 1. The van der Waals surface area contributed by atoms with Crippen LogP contribution >= 0.6 is 0 Å². The smallest absolute Gasteiger partial charge is 0.258 e. The Kier molecular flexibility index (Phi) is 5.84. The Hall–Kier alpha value is -3.48. The third-order valence-corrected chi connectivity index (χ3v) is 5.47. The Morgan fingerprint density at radius 2 is 1.84 bits per heavy atom. The van der Waals surface area contributed by atoms with Crippen LogP contribution in [0.4, 0.5) is 10.1 Å². The van der Waals surface area contributed by atoms with E-state index >= 15 is 0 Å². The van der Waals surface area contributed by atoms with E-state index in [0.29, 0.717) is 53.2 Å². The molecule has 0 aliphatic heterocycles. The molecular formula is C24H23FN4O2. The highest BCUT2D eigenvalue weighted by Crippen LogP contribution is 2.40. The molecule has 0 bridgehead atoms. The molecular weight excluding hydrogens is 395 g/mol. The molecule has 7 heteroatoms. The zero-order valence-electron chi connectivity index (χ0n) is 17.4. The number of hydrogen-bond acceptors (Lipinski definition) is 5. The Morgan fingerprint density at radius 1 is 1.10 bits per heavy atom. The molecule has 6 nitrogen and oxygen atoms in total. The predicted molar refractivity (Wildman–Crippen MR) is 115 cm³/mol. The fourth-order valence-corrected chi connectivity index (χ4v) is 3.81. The van der Waals surface area contributed by atoms with Crippen molar-refractivity contribution in [1.29, 1.82) is 0 Å². The lowest BCUT2D eigenvalue weighted by Crippen LogP contribution is -2.17. The summed E-state index contributed by atoms with van der Waals surface area (Å²) >= 11 is 0. The zero-order valence-corrected chi connectivity index (χ0v) is 17.4. The second kappa shape index (κ2) is 8.71. The van der Waals surface area contributed by atoms with Crippen molar-refractivity contribution in [1.82, 2.24) is 15.0 Å². The molecule has 1 unspecified atom stereocenters. The summed E-state index contributed by atoms with van der Waals surface area (Å²) in [6.07, 6.45) is 6.06. The molecule has 3 aromatic rings. The summed E-state index contributed by atoms with van der Waals surface area (Å²) in [5, 5.41) is 2.90. The zero-order chi connectivity index (χ0) is 22.0. The van der Waals surface area contributed by atoms with Gasteiger partial charge in [-0.3, -0.25) is 14.6 Å². The highest BCUT2D eigenvalue weighted by atomic mass is 19.1. The molecule has 0 spiro atoms. The van der Waals surface area contributed by atoms with Crippen LogP contribution in [0.3, 0.4) is 0 Å². The summed E-state index contributed by atoms with van der Waals surface area (Å²) in [6.45, 7) is 3.95. The highest BCUT2D eigenvalue weighted by Gasteiger charge is 2.29. The van der Waals surface area contributed by atoms with Crippen LogP contribution in [0.1, 0.15) is 66.8 Å². The molecule has 4 rings (SSSR count). The second-order valence-electron chi connectivity index (χ2n) is 8.02. The van der Waals surface area contributed by atoms with Crippen molar-refractivity contribution in [3.05, 3.63) is 71.8 Å². The van der Waals surface area contributed by atoms with Crippen molar-refractivity contribution < 1.29 is 14.0 Å². The minimum atomic E-state index is -0.411. The van der Waals surface area contributed by atoms with Gasteiger partial charge in [-0.05, 0) is 18.6 Å². The van der Waals surface area contributed by atoms with Crippen LogP contribution in [0.5, 0.6) is 0 Å². The predicted octanol–water partition coefficient (Wildman–Crippen LogP) is 4.89. The van der Waals surface area contributed by atoms with Gasteiger partial charge in [0.05, 0.1) is 16.9 Å². The van der Waals surface area contributed by atoms with Gasteiger partial charge >= 0.3 is 0 Å². The number of carbonyl (C=O) groups is 2. The summed E-state index contributed by atoms with van der Waals surface area (Å²) in [7, 11) is 0. The molecule has 1 aliphatic carbocycles.